The lowest BCUT2D eigenvalue weighted by Gasteiger charge is -2.19. The van der Waals surface area contributed by atoms with E-state index in [9.17, 15) is 19.1 Å². The van der Waals surface area contributed by atoms with Crippen LogP contribution in [0.15, 0.2) is 60.7 Å². The van der Waals surface area contributed by atoms with Crippen molar-refractivity contribution in [1.29, 1.82) is 0 Å². The molecule has 0 aliphatic carbocycles. The van der Waals surface area contributed by atoms with Crippen LogP contribution in [-0.4, -0.2) is 17.0 Å². The summed E-state index contributed by atoms with van der Waals surface area (Å²) >= 11 is 6.33. The van der Waals surface area contributed by atoms with Gasteiger partial charge in [-0.3, -0.25) is 4.79 Å². The number of carbonyl (C=O) groups excluding carboxylic acids is 1. The number of amides is 1. The zero-order chi connectivity index (χ0) is 22.1. The lowest BCUT2D eigenvalue weighted by molar-refractivity contribution is 0.0698. The van der Waals surface area contributed by atoms with E-state index >= 15 is 0 Å². The molecule has 0 unspecified atom stereocenters. The lowest BCUT2D eigenvalue weighted by Crippen LogP contribution is -2.16. The maximum Gasteiger partial charge on any atom is 0.337 e. The number of nitrogens with one attached hydrogen (secondary N) is 1. The number of aromatic carboxylic acids is 1. The lowest BCUT2D eigenvalue weighted by atomic mass is 9.86. The number of rotatable bonds is 4. The molecule has 6 heteroatoms. The summed E-state index contributed by atoms with van der Waals surface area (Å²) in [6.07, 6.45) is 0. The van der Waals surface area contributed by atoms with Crippen LogP contribution in [0.25, 0.3) is 11.1 Å². The highest BCUT2D eigenvalue weighted by atomic mass is 35.5. The zero-order valence-electron chi connectivity index (χ0n) is 16.8. The van der Waals surface area contributed by atoms with Gasteiger partial charge in [0.2, 0.25) is 0 Å². The minimum Gasteiger partial charge on any atom is -0.478 e. The van der Waals surface area contributed by atoms with Gasteiger partial charge in [0.1, 0.15) is 5.82 Å². The molecule has 0 aliphatic heterocycles. The smallest absolute Gasteiger partial charge is 0.337 e. The summed E-state index contributed by atoms with van der Waals surface area (Å²) in [6.45, 7) is 6.22. The molecule has 0 bridgehead atoms. The van der Waals surface area contributed by atoms with Crippen molar-refractivity contribution < 1.29 is 19.1 Å². The Morgan fingerprint density at radius 2 is 1.67 bits per heavy atom. The number of hydrogen-bond acceptors (Lipinski definition) is 2. The standard InChI is InChI=1S/C24H21ClFNO3/c1-24(2,3)16-9-7-14(8-10-16)22(28)27-21-13-20(25)18(12-19(21)23(29)30)15-5-4-6-17(26)11-15/h4-13H,1-3H3,(H,27,28)(H,29,30). The summed E-state index contributed by atoms with van der Waals surface area (Å²) in [5.74, 6) is -2.15. The van der Waals surface area contributed by atoms with Crippen molar-refractivity contribution in [3.05, 3.63) is 88.2 Å². The van der Waals surface area contributed by atoms with Crippen LogP contribution in [-0.2, 0) is 5.41 Å². The second-order valence-electron chi connectivity index (χ2n) is 7.97. The Bertz CT molecular complexity index is 1120. The predicted molar refractivity (Wildman–Crippen MR) is 117 cm³/mol. The zero-order valence-corrected chi connectivity index (χ0v) is 17.5. The van der Waals surface area contributed by atoms with E-state index in [1.54, 1.807) is 18.2 Å². The molecule has 0 saturated heterocycles. The van der Waals surface area contributed by atoms with E-state index in [2.05, 4.69) is 26.1 Å². The Balaban J connectivity index is 1.95. The summed E-state index contributed by atoms with van der Waals surface area (Å²) in [5, 5.41) is 12.4. The first-order valence-electron chi connectivity index (χ1n) is 9.31. The molecule has 30 heavy (non-hydrogen) atoms. The normalized spacial score (nSPS) is 11.2. The highest BCUT2D eigenvalue weighted by Crippen LogP contribution is 2.34. The van der Waals surface area contributed by atoms with Gasteiger partial charge in [0, 0.05) is 11.1 Å². The van der Waals surface area contributed by atoms with Gasteiger partial charge in [-0.2, -0.15) is 0 Å². The van der Waals surface area contributed by atoms with Crippen molar-refractivity contribution in [1.82, 2.24) is 0 Å². The second-order valence-corrected chi connectivity index (χ2v) is 8.38. The average molecular weight is 426 g/mol. The summed E-state index contributed by atoms with van der Waals surface area (Å²) in [6, 6.07) is 15.5. The van der Waals surface area contributed by atoms with E-state index in [1.165, 1.54) is 30.3 Å². The van der Waals surface area contributed by atoms with Gasteiger partial charge >= 0.3 is 5.97 Å². The predicted octanol–water partition coefficient (Wildman–Crippen LogP) is 6.39. The van der Waals surface area contributed by atoms with Crippen molar-refractivity contribution in [3.8, 4) is 11.1 Å². The molecule has 0 radical (unpaired) electrons. The summed E-state index contributed by atoms with van der Waals surface area (Å²) in [7, 11) is 0. The van der Waals surface area contributed by atoms with E-state index in [1.807, 2.05) is 12.1 Å². The van der Waals surface area contributed by atoms with Gasteiger partial charge < -0.3 is 10.4 Å². The van der Waals surface area contributed by atoms with Crippen LogP contribution in [0.2, 0.25) is 5.02 Å². The SMILES string of the molecule is CC(C)(C)c1ccc(C(=O)Nc2cc(Cl)c(-c3cccc(F)c3)cc2C(=O)O)cc1. The summed E-state index contributed by atoms with van der Waals surface area (Å²) < 4.78 is 13.6. The monoisotopic (exact) mass is 425 g/mol. The minimum absolute atomic E-state index is 0.0498. The average Bonchev–Trinajstić information content (AvgIpc) is 2.67. The third kappa shape index (κ3) is 4.69. The highest BCUT2D eigenvalue weighted by molar-refractivity contribution is 6.34. The summed E-state index contributed by atoms with van der Waals surface area (Å²) in [4.78, 5) is 24.5. The fraction of sp³-hybridized carbons (Fsp3) is 0.167. The number of benzene rings is 3. The molecule has 1 amide bonds. The highest BCUT2D eigenvalue weighted by Gasteiger charge is 2.19. The largest absolute Gasteiger partial charge is 0.478 e. The van der Waals surface area contributed by atoms with Gasteiger partial charge in [-0.1, -0.05) is 56.6 Å². The Labute approximate surface area is 179 Å². The molecule has 2 N–H and O–H groups in total. The van der Waals surface area contributed by atoms with Gasteiger partial charge in [0.25, 0.3) is 5.91 Å². The van der Waals surface area contributed by atoms with Gasteiger partial charge in [0.15, 0.2) is 0 Å². The number of carbonyl (C=O) groups is 2. The third-order valence-corrected chi connectivity index (χ3v) is 5.05. The number of anilines is 1. The van der Waals surface area contributed by atoms with Crippen LogP contribution < -0.4 is 5.32 Å². The van der Waals surface area contributed by atoms with Crippen LogP contribution in [0.1, 0.15) is 47.1 Å². The molecule has 0 heterocycles. The number of halogens is 2. The van der Waals surface area contributed by atoms with Crippen molar-refractivity contribution in [3.63, 3.8) is 0 Å². The van der Waals surface area contributed by atoms with Crippen LogP contribution in [0.4, 0.5) is 10.1 Å². The van der Waals surface area contributed by atoms with Crippen molar-refractivity contribution >= 4 is 29.2 Å². The van der Waals surface area contributed by atoms with E-state index in [-0.39, 0.29) is 21.7 Å². The first-order valence-corrected chi connectivity index (χ1v) is 9.69. The van der Waals surface area contributed by atoms with Crippen LogP contribution in [0, 0.1) is 5.82 Å². The molecule has 0 aliphatic rings. The second kappa shape index (κ2) is 8.28. The molecule has 0 fully saturated rings. The van der Waals surface area contributed by atoms with Crippen molar-refractivity contribution in [2.75, 3.05) is 5.32 Å². The van der Waals surface area contributed by atoms with Crippen LogP contribution in [0.3, 0.4) is 0 Å². The summed E-state index contributed by atoms with van der Waals surface area (Å²) in [5.41, 5.74) is 2.15. The Hall–Kier alpha value is -3.18. The van der Waals surface area contributed by atoms with E-state index < -0.39 is 17.7 Å². The Morgan fingerprint density at radius 3 is 2.23 bits per heavy atom. The molecule has 3 rings (SSSR count). The first kappa shape index (κ1) is 21.5. The van der Waals surface area contributed by atoms with Gasteiger partial charge in [0.05, 0.1) is 16.3 Å². The van der Waals surface area contributed by atoms with E-state index in [0.29, 0.717) is 16.7 Å². The molecular formula is C24H21ClFNO3. The van der Waals surface area contributed by atoms with Crippen LogP contribution >= 0.6 is 11.6 Å². The van der Waals surface area contributed by atoms with E-state index in [4.69, 9.17) is 11.6 Å². The molecule has 0 atom stereocenters. The molecule has 3 aromatic carbocycles. The van der Waals surface area contributed by atoms with Crippen LogP contribution in [0.5, 0.6) is 0 Å². The van der Waals surface area contributed by atoms with E-state index in [0.717, 1.165) is 5.56 Å². The molecule has 4 nitrogen and oxygen atoms in total. The van der Waals surface area contributed by atoms with Gasteiger partial charge in [-0.05, 0) is 52.9 Å². The van der Waals surface area contributed by atoms with Crippen molar-refractivity contribution in [2.24, 2.45) is 0 Å². The van der Waals surface area contributed by atoms with Gasteiger partial charge in [-0.25, -0.2) is 9.18 Å². The number of hydrogen-bond donors (Lipinski definition) is 2. The topological polar surface area (TPSA) is 66.4 Å². The molecule has 0 aromatic heterocycles. The Kier molecular flexibility index (Phi) is 5.94. The van der Waals surface area contributed by atoms with Gasteiger partial charge in [-0.15, -0.1) is 0 Å². The Morgan fingerprint density at radius 1 is 1.00 bits per heavy atom. The molecule has 154 valence electrons. The fourth-order valence-electron chi connectivity index (χ4n) is 3.05. The number of carboxylic acids is 1. The molecule has 0 spiro atoms. The quantitative estimate of drug-likeness (QED) is 0.508. The maximum atomic E-state index is 13.6. The minimum atomic E-state index is -1.23. The molecule has 3 aromatic rings. The maximum absolute atomic E-state index is 13.6. The number of carboxylic acid groups (broad SMARTS) is 1. The first-order chi connectivity index (χ1) is 14.1. The fourth-order valence-corrected chi connectivity index (χ4v) is 3.32. The van der Waals surface area contributed by atoms with Crippen molar-refractivity contribution in [2.45, 2.75) is 26.2 Å². The third-order valence-electron chi connectivity index (χ3n) is 4.73. The molecular weight excluding hydrogens is 405 g/mol. The molecule has 0 saturated carbocycles.